The van der Waals surface area contributed by atoms with Crippen LogP contribution in [0.15, 0.2) is 28.7 Å². The van der Waals surface area contributed by atoms with Crippen molar-refractivity contribution < 1.29 is 17.9 Å². The van der Waals surface area contributed by atoms with Crippen LogP contribution in [0.25, 0.3) is 0 Å². The number of hydrogen-bond acceptors (Lipinski definition) is 4. The lowest BCUT2D eigenvalue weighted by atomic mass is 10.1. The van der Waals surface area contributed by atoms with Crippen LogP contribution in [0.1, 0.15) is 24.8 Å². The Morgan fingerprint density at radius 2 is 1.54 bits per heavy atom. The van der Waals surface area contributed by atoms with Crippen LogP contribution in [-0.4, -0.2) is 80.3 Å². The van der Waals surface area contributed by atoms with E-state index < -0.39 is 10.2 Å². The maximum atomic E-state index is 12.7. The fraction of sp³-hybridized carbons (Fsp3) is 0.632. The van der Waals surface area contributed by atoms with Crippen molar-refractivity contribution in [2.45, 2.75) is 25.7 Å². The Labute approximate surface area is 175 Å². The summed E-state index contributed by atoms with van der Waals surface area (Å²) in [5, 5.41) is 0. The molecule has 1 aromatic rings. The van der Waals surface area contributed by atoms with Crippen LogP contribution in [0.4, 0.5) is 0 Å². The average Bonchev–Trinajstić information content (AvgIpc) is 2.73. The number of aryl methyl sites for hydroxylation is 1. The standard InChI is InChI=1S/C19H28BrN3O4S/c20-18-7-5-17(6-8-18)3-1-2-4-19(24)21-9-11-22(12-10-21)28(25,26)23-13-15-27-16-14-23/h5-8H,1-4,9-16H2. The van der Waals surface area contributed by atoms with Crippen LogP contribution in [0.3, 0.4) is 0 Å². The van der Waals surface area contributed by atoms with Gasteiger partial charge in [0.05, 0.1) is 13.2 Å². The highest BCUT2D eigenvalue weighted by atomic mass is 79.9. The lowest BCUT2D eigenvalue weighted by molar-refractivity contribution is -0.132. The molecule has 0 saturated carbocycles. The van der Waals surface area contributed by atoms with Crippen LogP contribution in [0.5, 0.6) is 0 Å². The van der Waals surface area contributed by atoms with E-state index in [1.165, 1.54) is 14.2 Å². The number of halogens is 1. The zero-order valence-electron chi connectivity index (χ0n) is 16.1. The Morgan fingerprint density at radius 1 is 0.929 bits per heavy atom. The van der Waals surface area contributed by atoms with Crippen molar-refractivity contribution in [2.24, 2.45) is 0 Å². The molecule has 2 fully saturated rings. The third kappa shape index (κ3) is 5.76. The zero-order chi connectivity index (χ0) is 20.0. The van der Waals surface area contributed by atoms with Crippen molar-refractivity contribution in [3.05, 3.63) is 34.3 Å². The second-order valence-electron chi connectivity index (χ2n) is 7.13. The summed E-state index contributed by atoms with van der Waals surface area (Å²) in [5.41, 5.74) is 1.28. The molecule has 2 saturated heterocycles. The summed E-state index contributed by atoms with van der Waals surface area (Å²) in [6.07, 6.45) is 3.30. The third-order valence-corrected chi connectivity index (χ3v) is 7.80. The summed E-state index contributed by atoms with van der Waals surface area (Å²) < 4.78 is 34.6. The molecule has 0 spiro atoms. The van der Waals surface area contributed by atoms with E-state index in [-0.39, 0.29) is 5.91 Å². The Hall–Kier alpha value is -1.00. The molecule has 0 N–H and O–H groups in total. The maximum Gasteiger partial charge on any atom is 0.282 e. The lowest BCUT2D eigenvalue weighted by Crippen LogP contribution is -2.55. The molecule has 156 valence electrons. The van der Waals surface area contributed by atoms with E-state index in [9.17, 15) is 13.2 Å². The molecule has 1 aromatic carbocycles. The minimum absolute atomic E-state index is 0.124. The third-order valence-electron chi connectivity index (χ3n) is 5.23. The van der Waals surface area contributed by atoms with Crippen molar-refractivity contribution in [3.63, 3.8) is 0 Å². The van der Waals surface area contributed by atoms with Crippen molar-refractivity contribution in [2.75, 3.05) is 52.5 Å². The molecule has 7 nitrogen and oxygen atoms in total. The van der Waals surface area contributed by atoms with Gasteiger partial charge in [0.15, 0.2) is 0 Å². The number of morpholine rings is 1. The van der Waals surface area contributed by atoms with Gasteiger partial charge in [0, 0.05) is 50.2 Å². The van der Waals surface area contributed by atoms with Gasteiger partial charge in [-0.25, -0.2) is 0 Å². The van der Waals surface area contributed by atoms with Gasteiger partial charge in [-0.1, -0.05) is 28.1 Å². The second kappa shape index (κ2) is 10.2. The van der Waals surface area contributed by atoms with Crippen LogP contribution in [0.2, 0.25) is 0 Å². The lowest BCUT2D eigenvalue weighted by Gasteiger charge is -2.37. The smallest absolute Gasteiger partial charge is 0.282 e. The van der Waals surface area contributed by atoms with Crippen molar-refractivity contribution in [1.29, 1.82) is 0 Å². The SMILES string of the molecule is O=C(CCCCc1ccc(Br)cc1)N1CCN(S(=O)(=O)N2CCOCC2)CC1. The number of hydrogen-bond donors (Lipinski definition) is 0. The van der Waals surface area contributed by atoms with Gasteiger partial charge in [-0.05, 0) is 37.0 Å². The highest BCUT2D eigenvalue weighted by molar-refractivity contribution is 9.10. The Balaban J connectivity index is 1.38. The Kier molecular flexibility index (Phi) is 7.87. The molecular formula is C19H28BrN3O4S. The first-order valence-electron chi connectivity index (χ1n) is 9.82. The molecule has 0 aromatic heterocycles. The number of carbonyl (C=O) groups is 1. The van der Waals surface area contributed by atoms with Crippen molar-refractivity contribution >= 4 is 32.0 Å². The number of benzene rings is 1. The summed E-state index contributed by atoms with van der Waals surface area (Å²) in [5.74, 6) is 0.124. The Bertz CT molecular complexity index is 743. The number of carbonyl (C=O) groups excluding carboxylic acids is 1. The van der Waals surface area contributed by atoms with Crippen LogP contribution in [-0.2, 0) is 26.2 Å². The van der Waals surface area contributed by atoms with Crippen molar-refractivity contribution in [1.82, 2.24) is 13.5 Å². The number of piperazine rings is 1. The number of nitrogens with zero attached hydrogens (tertiary/aromatic N) is 3. The molecule has 0 atom stereocenters. The highest BCUT2D eigenvalue weighted by Crippen LogP contribution is 2.16. The minimum atomic E-state index is -3.44. The van der Waals surface area contributed by atoms with E-state index >= 15 is 0 Å². The van der Waals surface area contributed by atoms with Gasteiger partial charge in [0.25, 0.3) is 10.2 Å². The molecule has 0 radical (unpaired) electrons. The van der Waals surface area contributed by atoms with E-state index in [1.807, 2.05) is 12.1 Å². The van der Waals surface area contributed by atoms with E-state index in [2.05, 4.69) is 28.1 Å². The van der Waals surface area contributed by atoms with Gasteiger partial charge in [0.1, 0.15) is 0 Å². The van der Waals surface area contributed by atoms with Crippen molar-refractivity contribution in [3.8, 4) is 0 Å². The topological polar surface area (TPSA) is 70.2 Å². The first-order chi connectivity index (χ1) is 13.5. The van der Waals surface area contributed by atoms with Gasteiger partial charge in [0.2, 0.25) is 5.91 Å². The number of rotatable bonds is 7. The highest BCUT2D eigenvalue weighted by Gasteiger charge is 2.33. The first kappa shape index (κ1) is 21.7. The monoisotopic (exact) mass is 473 g/mol. The minimum Gasteiger partial charge on any atom is -0.379 e. The fourth-order valence-corrected chi connectivity index (χ4v) is 5.35. The number of ether oxygens (including phenoxy) is 1. The van der Waals surface area contributed by atoms with E-state index in [0.29, 0.717) is 58.9 Å². The molecule has 0 unspecified atom stereocenters. The predicted octanol–water partition coefficient (Wildman–Crippen LogP) is 1.88. The molecule has 2 aliphatic rings. The van der Waals surface area contributed by atoms with Gasteiger partial charge < -0.3 is 9.64 Å². The predicted molar refractivity (Wildman–Crippen MR) is 111 cm³/mol. The largest absolute Gasteiger partial charge is 0.379 e. The summed E-state index contributed by atoms with van der Waals surface area (Å²) in [7, 11) is -3.44. The number of amides is 1. The molecule has 3 rings (SSSR count). The molecule has 0 aliphatic carbocycles. The molecule has 1 amide bonds. The van der Waals surface area contributed by atoms with E-state index in [1.54, 1.807) is 4.90 Å². The normalized spacial score (nSPS) is 19.7. The quantitative estimate of drug-likeness (QED) is 0.566. The van der Waals surface area contributed by atoms with Gasteiger partial charge in [-0.15, -0.1) is 0 Å². The first-order valence-corrected chi connectivity index (χ1v) is 12.0. The zero-order valence-corrected chi connectivity index (χ0v) is 18.5. The molecular weight excluding hydrogens is 446 g/mol. The van der Waals surface area contributed by atoms with Crippen LogP contribution >= 0.6 is 15.9 Å². The van der Waals surface area contributed by atoms with Gasteiger partial charge in [-0.3, -0.25) is 4.79 Å². The van der Waals surface area contributed by atoms with Gasteiger partial charge >= 0.3 is 0 Å². The molecule has 28 heavy (non-hydrogen) atoms. The summed E-state index contributed by atoms with van der Waals surface area (Å²) >= 11 is 3.43. The van der Waals surface area contributed by atoms with Crippen LogP contribution in [0, 0.1) is 0 Å². The summed E-state index contributed by atoms with van der Waals surface area (Å²) in [4.78, 5) is 14.2. The molecule has 2 heterocycles. The van der Waals surface area contributed by atoms with E-state index in [4.69, 9.17) is 4.74 Å². The number of unbranched alkanes of at least 4 members (excludes halogenated alkanes) is 1. The van der Waals surface area contributed by atoms with E-state index in [0.717, 1.165) is 23.7 Å². The maximum absolute atomic E-state index is 12.7. The summed E-state index contributed by atoms with van der Waals surface area (Å²) in [6.45, 7) is 3.36. The molecule has 2 aliphatic heterocycles. The molecule has 9 heteroatoms. The summed E-state index contributed by atoms with van der Waals surface area (Å²) in [6, 6.07) is 8.26. The second-order valence-corrected chi connectivity index (χ2v) is 9.98. The van der Waals surface area contributed by atoms with Gasteiger partial charge in [-0.2, -0.15) is 17.0 Å². The van der Waals surface area contributed by atoms with Crippen LogP contribution < -0.4 is 0 Å². The Morgan fingerprint density at radius 3 is 2.18 bits per heavy atom. The fourth-order valence-electron chi connectivity index (χ4n) is 3.52. The molecule has 0 bridgehead atoms. The average molecular weight is 474 g/mol.